The summed E-state index contributed by atoms with van der Waals surface area (Å²) in [5, 5.41) is 21.2. The highest BCUT2D eigenvalue weighted by Gasteiger charge is 2.46. The van der Waals surface area contributed by atoms with Crippen LogP contribution in [0, 0.1) is 0 Å². The smallest absolute Gasteiger partial charge is 0.295 e. The average molecular weight is 470 g/mol. The number of methoxy groups -OCH3 is 2. The number of aromatic hydroxyl groups is 1. The Bertz CT molecular complexity index is 1050. The predicted octanol–water partition coefficient (Wildman–Crippen LogP) is 4.04. The van der Waals surface area contributed by atoms with Crippen molar-refractivity contribution >= 4 is 17.4 Å². The van der Waals surface area contributed by atoms with Gasteiger partial charge in [0.15, 0.2) is 11.5 Å². The number of amides is 1. The van der Waals surface area contributed by atoms with Crippen molar-refractivity contribution in [3.63, 3.8) is 0 Å². The fraction of sp³-hybridized carbons (Fsp3) is 0.385. The first-order valence-electron chi connectivity index (χ1n) is 11.3. The number of likely N-dealkylation sites (tertiary alicyclic amines) is 1. The van der Waals surface area contributed by atoms with Gasteiger partial charge in [0.05, 0.1) is 25.3 Å². The molecule has 1 fully saturated rings. The summed E-state index contributed by atoms with van der Waals surface area (Å²) in [6.07, 6.45) is 2.47. The van der Waals surface area contributed by atoms with E-state index < -0.39 is 17.7 Å². The molecule has 3 rings (SSSR count). The maximum absolute atomic E-state index is 13.1. The predicted molar refractivity (Wildman–Crippen MR) is 127 cm³/mol. The number of carbonyl (C=O) groups is 2. The van der Waals surface area contributed by atoms with Crippen LogP contribution in [-0.4, -0.2) is 60.8 Å². The van der Waals surface area contributed by atoms with E-state index in [0.717, 1.165) is 12.8 Å². The number of aliphatic hydroxyl groups is 1. The Morgan fingerprint density at radius 1 is 1.03 bits per heavy atom. The fourth-order valence-corrected chi connectivity index (χ4v) is 3.90. The normalized spacial score (nSPS) is 17.3. The molecule has 1 heterocycles. The zero-order valence-corrected chi connectivity index (χ0v) is 19.7. The Balaban J connectivity index is 2.03. The number of ether oxygens (including phenoxy) is 3. The first kappa shape index (κ1) is 25.1. The topological polar surface area (TPSA) is 106 Å². The van der Waals surface area contributed by atoms with Gasteiger partial charge in [0.1, 0.15) is 11.5 Å². The van der Waals surface area contributed by atoms with E-state index in [-0.39, 0.29) is 29.4 Å². The highest BCUT2D eigenvalue weighted by molar-refractivity contribution is 6.46. The molecule has 0 spiro atoms. The first-order chi connectivity index (χ1) is 16.4. The molecule has 34 heavy (non-hydrogen) atoms. The molecule has 0 radical (unpaired) electrons. The van der Waals surface area contributed by atoms with E-state index in [9.17, 15) is 19.8 Å². The zero-order chi connectivity index (χ0) is 24.7. The molecule has 2 aromatic rings. The van der Waals surface area contributed by atoms with Crippen molar-refractivity contribution in [1.82, 2.24) is 4.90 Å². The molecule has 0 saturated carbocycles. The maximum Gasteiger partial charge on any atom is 0.295 e. The lowest BCUT2D eigenvalue weighted by Crippen LogP contribution is -2.31. The van der Waals surface area contributed by atoms with Gasteiger partial charge in [-0.25, -0.2) is 0 Å². The largest absolute Gasteiger partial charge is 0.507 e. The molecule has 1 amide bonds. The Morgan fingerprint density at radius 3 is 2.41 bits per heavy atom. The number of aliphatic hydroxyl groups excluding tert-OH is 1. The van der Waals surface area contributed by atoms with Crippen molar-refractivity contribution in [3.8, 4) is 17.2 Å². The molecule has 182 valence electrons. The van der Waals surface area contributed by atoms with Gasteiger partial charge in [-0.05, 0) is 54.8 Å². The second-order valence-electron chi connectivity index (χ2n) is 8.00. The number of Topliss-reactive ketones (excluding diaryl/α,β-unsaturated/α-hetero) is 1. The van der Waals surface area contributed by atoms with Crippen LogP contribution >= 0.6 is 0 Å². The molecule has 2 N–H and O–H groups in total. The van der Waals surface area contributed by atoms with E-state index in [0.29, 0.717) is 36.5 Å². The van der Waals surface area contributed by atoms with E-state index in [1.54, 1.807) is 43.5 Å². The number of hydrogen-bond donors (Lipinski definition) is 2. The van der Waals surface area contributed by atoms with E-state index in [2.05, 4.69) is 6.92 Å². The lowest BCUT2D eigenvalue weighted by molar-refractivity contribution is -0.140. The molecule has 0 aliphatic carbocycles. The molecule has 1 atom stereocenters. The minimum absolute atomic E-state index is 0.0187. The second-order valence-corrected chi connectivity index (χ2v) is 8.00. The van der Waals surface area contributed by atoms with Gasteiger partial charge in [-0.15, -0.1) is 0 Å². The number of carbonyl (C=O) groups excluding carboxylic acids is 2. The van der Waals surface area contributed by atoms with Crippen LogP contribution in [0.5, 0.6) is 17.2 Å². The summed E-state index contributed by atoms with van der Waals surface area (Å²) in [4.78, 5) is 27.4. The van der Waals surface area contributed by atoms with Gasteiger partial charge < -0.3 is 29.3 Å². The summed E-state index contributed by atoms with van der Waals surface area (Å²) in [5.41, 5.74) is 0.913. The van der Waals surface area contributed by atoms with Crippen LogP contribution in [0.1, 0.15) is 43.4 Å². The van der Waals surface area contributed by atoms with E-state index in [4.69, 9.17) is 14.2 Å². The maximum atomic E-state index is 13.1. The Kier molecular flexibility index (Phi) is 8.54. The molecule has 1 aliphatic heterocycles. The summed E-state index contributed by atoms with van der Waals surface area (Å²) in [6.45, 7) is 3.34. The van der Waals surface area contributed by atoms with Crippen molar-refractivity contribution in [2.24, 2.45) is 0 Å². The Hall–Kier alpha value is -3.52. The molecule has 0 aromatic heterocycles. The SMILES string of the molecule is CCCCOc1ccc(C(O)=C2C(=O)C(=O)N(CCCOC)[C@H]2c2ccc(O)c(OC)c2)cc1. The number of nitrogens with zero attached hydrogens (tertiary/aromatic N) is 1. The van der Waals surface area contributed by atoms with Gasteiger partial charge in [0, 0.05) is 25.8 Å². The molecular weight excluding hydrogens is 438 g/mol. The molecule has 0 bridgehead atoms. The van der Waals surface area contributed by atoms with E-state index in [1.807, 2.05) is 0 Å². The first-order valence-corrected chi connectivity index (χ1v) is 11.3. The summed E-state index contributed by atoms with van der Waals surface area (Å²) < 4.78 is 16.0. The van der Waals surface area contributed by atoms with E-state index >= 15 is 0 Å². The minimum atomic E-state index is -0.841. The van der Waals surface area contributed by atoms with Gasteiger partial charge >= 0.3 is 0 Å². The number of rotatable bonds is 11. The van der Waals surface area contributed by atoms with Gasteiger partial charge in [-0.1, -0.05) is 19.4 Å². The van der Waals surface area contributed by atoms with Gasteiger partial charge in [-0.3, -0.25) is 9.59 Å². The summed E-state index contributed by atoms with van der Waals surface area (Å²) >= 11 is 0. The van der Waals surface area contributed by atoms with Crippen LogP contribution in [0.2, 0.25) is 0 Å². The molecule has 8 heteroatoms. The van der Waals surface area contributed by atoms with Crippen molar-refractivity contribution in [2.45, 2.75) is 32.2 Å². The van der Waals surface area contributed by atoms with Crippen LogP contribution in [0.15, 0.2) is 48.0 Å². The van der Waals surface area contributed by atoms with E-state index in [1.165, 1.54) is 18.1 Å². The van der Waals surface area contributed by atoms with Gasteiger partial charge in [0.2, 0.25) is 0 Å². The van der Waals surface area contributed by atoms with Crippen LogP contribution in [0.4, 0.5) is 0 Å². The third-order valence-corrected chi connectivity index (χ3v) is 5.70. The van der Waals surface area contributed by atoms with Crippen LogP contribution in [0.25, 0.3) is 5.76 Å². The van der Waals surface area contributed by atoms with Gasteiger partial charge in [-0.2, -0.15) is 0 Å². The molecule has 2 aromatic carbocycles. The minimum Gasteiger partial charge on any atom is -0.507 e. The highest BCUT2D eigenvalue weighted by Crippen LogP contribution is 2.41. The van der Waals surface area contributed by atoms with Crippen molar-refractivity contribution in [1.29, 1.82) is 0 Å². The monoisotopic (exact) mass is 469 g/mol. The zero-order valence-electron chi connectivity index (χ0n) is 19.7. The number of benzene rings is 2. The fourth-order valence-electron chi connectivity index (χ4n) is 3.90. The number of phenols is 1. The third kappa shape index (κ3) is 5.34. The second kappa shape index (κ2) is 11.6. The lowest BCUT2D eigenvalue weighted by Gasteiger charge is -2.25. The molecule has 1 saturated heterocycles. The molecule has 8 nitrogen and oxygen atoms in total. The van der Waals surface area contributed by atoms with Crippen molar-refractivity contribution in [3.05, 3.63) is 59.2 Å². The lowest BCUT2D eigenvalue weighted by atomic mass is 9.95. The van der Waals surface area contributed by atoms with Crippen LogP contribution < -0.4 is 9.47 Å². The number of ketones is 1. The Morgan fingerprint density at radius 2 is 1.76 bits per heavy atom. The quantitative estimate of drug-likeness (QED) is 0.221. The summed E-state index contributed by atoms with van der Waals surface area (Å²) in [7, 11) is 2.98. The standard InChI is InChI=1S/C26H31NO7/c1-4-5-15-34-19-10-7-17(8-11-19)24(29)22-23(18-9-12-20(28)21(16-18)33-3)27(13-6-14-32-2)26(31)25(22)30/h7-12,16,23,28-29H,4-6,13-15H2,1-3H3/t23-/m0/s1. The summed E-state index contributed by atoms with van der Waals surface area (Å²) in [6, 6.07) is 10.5. The number of hydrogen-bond acceptors (Lipinski definition) is 7. The number of phenolic OH excluding ortho intramolecular Hbond substituents is 1. The Labute approximate surface area is 199 Å². The average Bonchev–Trinajstić information content (AvgIpc) is 3.10. The molecule has 1 aliphatic rings. The molecular formula is C26H31NO7. The highest BCUT2D eigenvalue weighted by atomic mass is 16.5. The number of unbranched alkanes of at least 4 members (excludes halogenated alkanes) is 1. The van der Waals surface area contributed by atoms with Gasteiger partial charge in [0.25, 0.3) is 11.7 Å². The third-order valence-electron chi connectivity index (χ3n) is 5.70. The van der Waals surface area contributed by atoms with Crippen molar-refractivity contribution < 1.29 is 34.0 Å². The summed E-state index contributed by atoms with van der Waals surface area (Å²) in [5.74, 6) is -0.950. The van der Waals surface area contributed by atoms with Crippen molar-refractivity contribution in [2.75, 3.05) is 34.0 Å². The van der Waals surface area contributed by atoms with Crippen LogP contribution in [-0.2, 0) is 14.3 Å². The molecule has 0 unspecified atom stereocenters. The van der Waals surface area contributed by atoms with Crippen LogP contribution in [0.3, 0.4) is 0 Å².